The van der Waals surface area contributed by atoms with E-state index in [4.69, 9.17) is 10.8 Å². The van der Waals surface area contributed by atoms with Gasteiger partial charge in [0.1, 0.15) is 0 Å². The van der Waals surface area contributed by atoms with E-state index in [1.54, 1.807) is 6.20 Å². The normalized spacial score (nSPS) is 10.8. The zero-order chi connectivity index (χ0) is 12.0. The van der Waals surface area contributed by atoms with Gasteiger partial charge in [-0.25, -0.2) is 0 Å². The molecule has 0 saturated heterocycles. The Hall–Kier alpha value is -1.13. The molecule has 0 unspecified atom stereocenters. The fraction of sp³-hybridized carbons (Fsp3) is 0.583. The highest BCUT2D eigenvalue weighted by molar-refractivity contribution is 5.47. The average molecular weight is 223 g/mol. The van der Waals surface area contributed by atoms with Crippen molar-refractivity contribution in [2.45, 2.75) is 32.9 Å². The summed E-state index contributed by atoms with van der Waals surface area (Å²) >= 11 is 0. The highest BCUT2D eigenvalue weighted by atomic mass is 16.3. The summed E-state index contributed by atoms with van der Waals surface area (Å²) in [6, 6.07) is 4.40. The molecular weight excluding hydrogens is 202 g/mol. The second-order valence-corrected chi connectivity index (χ2v) is 4.07. The van der Waals surface area contributed by atoms with E-state index in [0.29, 0.717) is 12.6 Å². The fourth-order valence-electron chi connectivity index (χ4n) is 1.68. The molecule has 1 aromatic heterocycles. The Morgan fingerprint density at radius 2 is 2.25 bits per heavy atom. The topological polar surface area (TPSA) is 62.4 Å². The Kier molecular flexibility index (Phi) is 5.22. The second kappa shape index (κ2) is 6.45. The maximum atomic E-state index is 8.89. The standard InChI is InChI=1S/C12H21N3O/c1-10(2)15(6-3-7-16)12-4-5-14-11(8-12)9-13/h4-5,8,10,16H,3,6-7,9,13H2,1-2H3. The van der Waals surface area contributed by atoms with Gasteiger partial charge in [0.25, 0.3) is 0 Å². The minimum atomic E-state index is 0.220. The maximum absolute atomic E-state index is 8.89. The van der Waals surface area contributed by atoms with Gasteiger partial charge >= 0.3 is 0 Å². The number of anilines is 1. The Labute approximate surface area is 97.1 Å². The van der Waals surface area contributed by atoms with Gasteiger partial charge in [0.2, 0.25) is 0 Å². The van der Waals surface area contributed by atoms with Gasteiger partial charge < -0.3 is 15.7 Å². The summed E-state index contributed by atoms with van der Waals surface area (Å²) in [7, 11) is 0. The van der Waals surface area contributed by atoms with Crippen LogP contribution in [0.5, 0.6) is 0 Å². The van der Waals surface area contributed by atoms with Crippen molar-refractivity contribution in [2.75, 3.05) is 18.1 Å². The molecule has 0 atom stereocenters. The van der Waals surface area contributed by atoms with E-state index < -0.39 is 0 Å². The number of aliphatic hydroxyl groups is 1. The number of hydrogen-bond acceptors (Lipinski definition) is 4. The molecule has 0 amide bonds. The molecule has 0 aliphatic carbocycles. The van der Waals surface area contributed by atoms with Crippen LogP contribution in [0.2, 0.25) is 0 Å². The largest absolute Gasteiger partial charge is 0.396 e. The van der Waals surface area contributed by atoms with Crippen molar-refractivity contribution < 1.29 is 5.11 Å². The summed E-state index contributed by atoms with van der Waals surface area (Å²) in [6.45, 7) is 5.81. The molecule has 16 heavy (non-hydrogen) atoms. The fourth-order valence-corrected chi connectivity index (χ4v) is 1.68. The monoisotopic (exact) mass is 223 g/mol. The van der Waals surface area contributed by atoms with Gasteiger partial charge in [-0.15, -0.1) is 0 Å². The first kappa shape index (κ1) is 12.9. The molecule has 0 saturated carbocycles. The van der Waals surface area contributed by atoms with E-state index in [1.807, 2.05) is 12.1 Å². The van der Waals surface area contributed by atoms with E-state index >= 15 is 0 Å². The lowest BCUT2D eigenvalue weighted by atomic mass is 10.2. The van der Waals surface area contributed by atoms with E-state index in [-0.39, 0.29) is 6.61 Å². The van der Waals surface area contributed by atoms with Gasteiger partial charge in [-0.3, -0.25) is 4.98 Å². The molecule has 0 radical (unpaired) electrons. The van der Waals surface area contributed by atoms with E-state index in [0.717, 1.165) is 24.3 Å². The van der Waals surface area contributed by atoms with Crippen LogP contribution in [-0.4, -0.2) is 29.3 Å². The molecule has 3 N–H and O–H groups in total. The van der Waals surface area contributed by atoms with Gasteiger partial charge in [-0.05, 0) is 32.4 Å². The molecule has 0 spiro atoms. The predicted octanol–water partition coefficient (Wildman–Crippen LogP) is 1.14. The molecule has 0 bridgehead atoms. The van der Waals surface area contributed by atoms with Crippen LogP contribution in [0.25, 0.3) is 0 Å². The number of nitrogens with two attached hydrogens (primary N) is 1. The van der Waals surface area contributed by atoms with Gasteiger partial charge in [0.15, 0.2) is 0 Å². The lowest BCUT2D eigenvalue weighted by molar-refractivity contribution is 0.288. The number of aliphatic hydroxyl groups excluding tert-OH is 1. The molecule has 0 aromatic carbocycles. The molecule has 0 aliphatic heterocycles. The third kappa shape index (κ3) is 3.47. The first-order chi connectivity index (χ1) is 7.69. The maximum Gasteiger partial charge on any atom is 0.0560 e. The summed E-state index contributed by atoms with van der Waals surface area (Å²) in [6.07, 6.45) is 2.56. The number of nitrogens with zero attached hydrogens (tertiary/aromatic N) is 2. The Bertz CT molecular complexity index is 315. The van der Waals surface area contributed by atoms with Crippen LogP contribution in [0.3, 0.4) is 0 Å². The number of pyridine rings is 1. The number of hydrogen-bond donors (Lipinski definition) is 2. The summed E-state index contributed by atoms with van der Waals surface area (Å²) in [4.78, 5) is 6.43. The molecule has 4 heteroatoms. The Morgan fingerprint density at radius 3 is 2.81 bits per heavy atom. The van der Waals surface area contributed by atoms with Crippen LogP contribution in [0.1, 0.15) is 26.0 Å². The smallest absolute Gasteiger partial charge is 0.0560 e. The van der Waals surface area contributed by atoms with Crippen LogP contribution < -0.4 is 10.6 Å². The molecule has 90 valence electrons. The Morgan fingerprint density at radius 1 is 1.50 bits per heavy atom. The molecule has 4 nitrogen and oxygen atoms in total. The van der Waals surface area contributed by atoms with Crippen LogP contribution >= 0.6 is 0 Å². The quantitative estimate of drug-likeness (QED) is 0.759. The van der Waals surface area contributed by atoms with Crippen LogP contribution in [0.15, 0.2) is 18.3 Å². The SMILES string of the molecule is CC(C)N(CCCO)c1ccnc(CN)c1. The highest BCUT2D eigenvalue weighted by Crippen LogP contribution is 2.17. The first-order valence-corrected chi connectivity index (χ1v) is 5.71. The van der Waals surface area contributed by atoms with Crippen molar-refractivity contribution in [1.29, 1.82) is 0 Å². The van der Waals surface area contributed by atoms with Gasteiger partial charge in [0.05, 0.1) is 5.69 Å². The number of aromatic nitrogens is 1. The Balaban J connectivity index is 2.82. The van der Waals surface area contributed by atoms with Crippen LogP contribution in [0, 0.1) is 0 Å². The minimum Gasteiger partial charge on any atom is -0.396 e. The second-order valence-electron chi connectivity index (χ2n) is 4.07. The first-order valence-electron chi connectivity index (χ1n) is 5.71. The summed E-state index contributed by atoms with van der Waals surface area (Å²) in [5, 5.41) is 8.89. The van der Waals surface area contributed by atoms with Gasteiger partial charge in [-0.2, -0.15) is 0 Å². The summed E-state index contributed by atoms with van der Waals surface area (Å²) in [5.41, 5.74) is 7.59. The van der Waals surface area contributed by atoms with Crippen molar-refractivity contribution in [3.63, 3.8) is 0 Å². The number of rotatable bonds is 6. The highest BCUT2D eigenvalue weighted by Gasteiger charge is 2.10. The lowest BCUT2D eigenvalue weighted by Crippen LogP contribution is -2.32. The lowest BCUT2D eigenvalue weighted by Gasteiger charge is -2.29. The third-order valence-corrected chi connectivity index (χ3v) is 2.52. The van der Waals surface area contributed by atoms with E-state index in [1.165, 1.54) is 0 Å². The average Bonchev–Trinajstić information content (AvgIpc) is 2.29. The summed E-state index contributed by atoms with van der Waals surface area (Å²) in [5.74, 6) is 0. The third-order valence-electron chi connectivity index (χ3n) is 2.52. The van der Waals surface area contributed by atoms with Gasteiger partial charge in [0, 0.05) is 37.6 Å². The molecule has 0 fully saturated rings. The van der Waals surface area contributed by atoms with E-state index in [9.17, 15) is 0 Å². The zero-order valence-electron chi connectivity index (χ0n) is 10.1. The van der Waals surface area contributed by atoms with Crippen LogP contribution in [-0.2, 0) is 6.54 Å². The molecule has 0 aliphatic rings. The van der Waals surface area contributed by atoms with Crippen LogP contribution in [0.4, 0.5) is 5.69 Å². The van der Waals surface area contributed by atoms with Crippen molar-refractivity contribution in [2.24, 2.45) is 5.73 Å². The minimum absolute atomic E-state index is 0.220. The predicted molar refractivity (Wildman–Crippen MR) is 66.3 cm³/mol. The van der Waals surface area contributed by atoms with E-state index in [2.05, 4.69) is 23.7 Å². The van der Waals surface area contributed by atoms with Crippen molar-refractivity contribution in [3.05, 3.63) is 24.0 Å². The molecule has 1 heterocycles. The van der Waals surface area contributed by atoms with Crippen molar-refractivity contribution in [3.8, 4) is 0 Å². The summed E-state index contributed by atoms with van der Waals surface area (Å²) < 4.78 is 0. The molecule has 1 rings (SSSR count). The molecule has 1 aromatic rings. The van der Waals surface area contributed by atoms with Gasteiger partial charge in [-0.1, -0.05) is 0 Å². The molecular formula is C12H21N3O. The van der Waals surface area contributed by atoms with Crippen molar-refractivity contribution in [1.82, 2.24) is 4.98 Å². The zero-order valence-corrected chi connectivity index (χ0v) is 10.1. The van der Waals surface area contributed by atoms with Crippen molar-refractivity contribution >= 4 is 5.69 Å².